The molecule has 2 unspecified atom stereocenters. The van der Waals surface area contributed by atoms with Crippen molar-refractivity contribution in [2.45, 2.75) is 31.4 Å². The summed E-state index contributed by atoms with van der Waals surface area (Å²) in [5.41, 5.74) is 0.702. The monoisotopic (exact) mass is 211 g/mol. The van der Waals surface area contributed by atoms with Gasteiger partial charge in [0.25, 0.3) is 0 Å². The van der Waals surface area contributed by atoms with Crippen LogP contribution in [-0.4, -0.2) is 43.3 Å². The number of carbonyl (C=O) groups is 2. The van der Waals surface area contributed by atoms with Gasteiger partial charge >= 0.3 is 5.97 Å². The molecule has 0 aromatic carbocycles. The molecule has 0 aromatic heterocycles. The number of aliphatic imine (C=N–C) groups is 1. The predicted octanol–water partition coefficient (Wildman–Crippen LogP) is 0.121. The van der Waals surface area contributed by atoms with Crippen molar-refractivity contribution in [3.63, 3.8) is 0 Å². The summed E-state index contributed by atoms with van der Waals surface area (Å²) in [5, 5.41) is 0. The lowest BCUT2D eigenvalue weighted by molar-refractivity contribution is -0.146. The van der Waals surface area contributed by atoms with E-state index in [0.29, 0.717) is 12.1 Å². The van der Waals surface area contributed by atoms with Crippen LogP contribution in [0.1, 0.15) is 19.3 Å². The van der Waals surface area contributed by atoms with Gasteiger partial charge in [0.15, 0.2) is 17.9 Å². The maximum absolute atomic E-state index is 11.5. The number of hydrogen-bond donors (Lipinski definition) is 0. The summed E-state index contributed by atoms with van der Waals surface area (Å²) in [5.74, 6) is -0.331. The van der Waals surface area contributed by atoms with E-state index in [1.165, 1.54) is 7.11 Å². The average molecular weight is 211 g/mol. The van der Waals surface area contributed by atoms with Crippen molar-refractivity contribution in [1.82, 2.24) is 0 Å². The summed E-state index contributed by atoms with van der Waals surface area (Å²) in [6.45, 7) is 0.145. The SMILES string of the molecule is COC(=O)C1COC2C(=O)CCCC2=N1. The van der Waals surface area contributed by atoms with Crippen LogP contribution < -0.4 is 0 Å². The molecular weight excluding hydrogens is 198 g/mol. The summed E-state index contributed by atoms with van der Waals surface area (Å²) >= 11 is 0. The molecule has 2 atom stereocenters. The van der Waals surface area contributed by atoms with Gasteiger partial charge in [0.1, 0.15) is 0 Å². The molecule has 1 aliphatic heterocycles. The van der Waals surface area contributed by atoms with Crippen molar-refractivity contribution in [2.75, 3.05) is 13.7 Å². The Hall–Kier alpha value is -1.23. The van der Waals surface area contributed by atoms with Crippen molar-refractivity contribution in [2.24, 2.45) is 4.99 Å². The summed E-state index contributed by atoms with van der Waals surface area (Å²) in [7, 11) is 1.32. The fourth-order valence-corrected chi connectivity index (χ4v) is 1.89. The maximum Gasteiger partial charge on any atom is 0.333 e. The Morgan fingerprint density at radius 1 is 1.53 bits per heavy atom. The second kappa shape index (κ2) is 4.10. The molecular formula is C10H13NO4. The number of rotatable bonds is 1. The second-order valence-corrected chi connectivity index (χ2v) is 3.69. The summed E-state index contributed by atoms with van der Waals surface area (Å²) in [6.07, 6.45) is 1.58. The lowest BCUT2D eigenvalue weighted by Crippen LogP contribution is -2.45. The number of Topliss-reactive ketones (excluding diaryl/α,β-unsaturated/α-hetero) is 1. The first-order valence-corrected chi connectivity index (χ1v) is 5.01. The molecule has 1 aliphatic carbocycles. The van der Waals surface area contributed by atoms with E-state index < -0.39 is 18.1 Å². The Balaban J connectivity index is 2.15. The van der Waals surface area contributed by atoms with E-state index in [0.717, 1.165) is 12.8 Å². The number of methoxy groups -OCH3 is 1. The van der Waals surface area contributed by atoms with Gasteiger partial charge in [-0.05, 0) is 12.8 Å². The second-order valence-electron chi connectivity index (χ2n) is 3.69. The van der Waals surface area contributed by atoms with Gasteiger partial charge in [-0.15, -0.1) is 0 Å². The molecule has 0 saturated heterocycles. The number of carbonyl (C=O) groups excluding carboxylic acids is 2. The van der Waals surface area contributed by atoms with Gasteiger partial charge in [-0.1, -0.05) is 0 Å². The number of esters is 1. The van der Waals surface area contributed by atoms with E-state index >= 15 is 0 Å². The molecule has 0 amide bonds. The number of ketones is 1. The first kappa shape index (κ1) is 10.3. The largest absolute Gasteiger partial charge is 0.467 e. The third kappa shape index (κ3) is 1.92. The molecule has 0 bridgehead atoms. The van der Waals surface area contributed by atoms with E-state index in [4.69, 9.17) is 4.74 Å². The minimum absolute atomic E-state index is 0.0725. The summed E-state index contributed by atoms with van der Waals surface area (Å²) < 4.78 is 9.93. The van der Waals surface area contributed by atoms with Gasteiger partial charge < -0.3 is 9.47 Å². The molecule has 5 nitrogen and oxygen atoms in total. The third-order valence-corrected chi connectivity index (χ3v) is 2.67. The lowest BCUT2D eigenvalue weighted by Gasteiger charge is -2.29. The van der Waals surface area contributed by atoms with Crippen molar-refractivity contribution in [1.29, 1.82) is 0 Å². The number of ether oxygens (including phenoxy) is 2. The zero-order valence-electron chi connectivity index (χ0n) is 8.56. The first-order chi connectivity index (χ1) is 7.22. The van der Waals surface area contributed by atoms with Crippen LogP contribution in [0.3, 0.4) is 0 Å². The standard InChI is InChI=1S/C10H13NO4/c1-14-10(13)7-5-15-9-6(11-7)3-2-4-8(9)12/h7,9H,2-5H2,1H3. The van der Waals surface area contributed by atoms with Gasteiger partial charge in [-0.2, -0.15) is 0 Å². The first-order valence-electron chi connectivity index (χ1n) is 5.01. The molecule has 1 fully saturated rings. The molecule has 0 spiro atoms. The van der Waals surface area contributed by atoms with Crippen molar-refractivity contribution in [3.05, 3.63) is 0 Å². The maximum atomic E-state index is 11.5. The Morgan fingerprint density at radius 2 is 2.33 bits per heavy atom. The van der Waals surface area contributed by atoms with E-state index in [1.54, 1.807) is 0 Å². The predicted molar refractivity (Wildman–Crippen MR) is 51.8 cm³/mol. The van der Waals surface area contributed by atoms with Crippen LogP contribution in [0.4, 0.5) is 0 Å². The third-order valence-electron chi connectivity index (χ3n) is 2.67. The van der Waals surface area contributed by atoms with Gasteiger partial charge in [0.05, 0.1) is 13.7 Å². The quantitative estimate of drug-likeness (QED) is 0.578. The number of hydrogen-bond acceptors (Lipinski definition) is 5. The topological polar surface area (TPSA) is 65.0 Å². The Bertz CT molecular complexity index is 323. The van der Waals surface area contributed by atoms with Crippen molar-refractivity contribution < 1.29 is 19.1 Å². The van der Waals surface area contributed by atoms with Crippen LogP contribution in [0.15, 0.2) is 4.99 Å². The van der Waals surface area contributed by atoms with Gasteiger partial charge in [-0.25, -0.2) is 4.79 Å². The molecule has 2 rings (SSSR count). The highest BCUT2D eigenvalue weighted by Crippen LogP contribution is 2.20. The molecule has 1 heterocycles. The van der Waals surface area contributed by atoms with Crippen LogP contribution in [0, 0.1) is 0 Å². The molecule has 0 aromatic rings. The highest BCUT2D eigenvalue weighted by Gasteiger charge is 2.35. The van der Waals surface area contributed by atoms with E-state index in [-0.39, 0.29) is 12.4 Å². The zero-order valence-corrected chi connectivity index (χ0v) is 8.56. The smallest absolute Gasteiger partial charge is 0.333 e. The van der Waals surface area contributed by atoms with Gasteiger partial charge in [0.2, 0.25) is 0 Å². The highest BCUT2D eigenvalue weighted by molar-refractivity contribution is 6.10. The van der Waals surface area contributed by atoms with E-state index in [9.17, 15) is 9.59 Å². The Morgan fingerprint density at radius 3 is 3.07 bits per heavy atom. The minimum Gasteiger partial charge on any atom is -0.467 e. The van der Waals surface area contributed by atoms with Crippen LogP contribution in [0.2, 0.25) is 0 Å². The van der Waals surface area contributed by atoms with Crippen LogP contribution in [0.25, 0.3) is 0 Å². The summed E-state index contributed by atoms with van der Waals surface area (Å²) in [4.78, 5) is 26.9. The zero-order chi connectivity index (χ0) is 10.8. The molecule has 15 heavy (non-hydrogen) atoms. The lowest BCUT2D eigenvalue weighted by atomic mass is 9.93. The fraction of sp³-hybridized carbons (Fsp3) is 0.700. The Labute approximate surface area is 87.5 Å². The summed E-state index contributed by atoms with van der Waals surface area (Å²) in [6, 6.07) is -0.591. The molecule has 0 radical (unpaired) electrons. The normalized spacial score (nSPS) is 30.5. The molecule has 82 valence electrons. The number of nitrogens with zero attached hydrogens (tertiary/aromatic N) is 1. The van der Waals surface area contributed by atoms with Crippen LogP contribution >= 0.6 is 0 Å². The van der Waals surface area contributed by atoms with Gasteiger partial charge in [-0.3, -0.25) is 9.79 Å². The molecule has 1 saturated carbocycles. The molecule has 5 heteroatoms. The van der Waals surface area contributed by atoms with Crippen LogP contribution in [0.5, 0.6) is 0 Å². The molecule has 2 aliphatic rings. The van der Waals surface area contributed by atoms with Crippen LogP contribution in [-0.2, 0) is 19.1 Å². The average Bonchev–Trinajstić information content (AvgIpc) is 2.28. The van der Waals surface area contributed by atoms with Crippen molar-refractivity contribution >= 4 is 17.5 Å². The molecule has 0 N–H and O–H groups in total. The van der Waals surface area contributed by atoms with E-state index in [2.05, 4.69) is 9.73 Å². The number of fused-ring (bicyclic) bond motifs is 1. The van der Waals surface area contributed by atoms with Crippen molar-refractivity contribution in [3.8, 4) is 0 Å². The highest BCUT2D eigenvalue weighted by atomic mass is 16.5. The Kier molecular flexibility index (Phi) is 2.81. The minimum atomic E-state index is -0.591. The fourth-order valence-electron chi connectivity index (χ4n) is 1.89. The van der Waals surface area contributed by atoms with E-state index in [1.807, 2.05) is 0 Å². The van der Waals surface area contributed by atoms with Gasteiger partial charge in [0, 0.05) is 12.1 Å².